The molecule has 0 saturated carbocycles. The highest BCUT2D eigenvalue weighted by molar-refractivity contribution is 5.94. The molecule has 0 aromatic carbocycles. The molecule has 0 N–H and O–H groups in total. The molecule has 1 rings (SSSR count). The summed E-state index contributed by atoms with van der Waals surface area (Å²) in [5, 5.41) is 0. The molecule has 9 heavy (non-hydrogen) atoms. The second-order valence-corrected chi connectivity index (χ2v) is 1.95. The van der Waals surface area contributed by atoms with Crippen molar-refractivity contribution in [2.75, 3.05) is 0 Å². The van der Waals surface area contributed by atoms with Crippen LogP contribution < -0.4 is 4.48 Å². The molecular formula is C7H9BN. The minimum atomic E-state index is 0.983. The zero-order valence-electron chi connectivity index (χ0n) is 5.54. The van der Waals surface area contributed by atoms with Gasteiger partial charge >= 0.3 is 0 Å². The van der Waals surface area contributed by atoms with Gasteiger partial charge in [-0.15, -0.1) is 7.98 Å². The topological polar surface area (TPSA) is 3.88 Å². The summed E-state index contributed by atoms with van der Waals surface area (Å²) in [5.74, 6) is 0. The van der Waals surface area contributed by atoms with Gasteiger partial charge in [-0.1, -0.05) is 13.0 Å². The number of aryl methyl sites for hydroxylation is 1. The molecule has 45 valence electrons. The van der Waals surface area contributed by atoms with Crippen LogP contribution >= 0.6 is 0 Å². The van der Waals surface area contributed by atoms with E-state index in [1.54, 1.807) is 4.48 Å². The maximum absolute atomic E-state index is 5.55. The molecule has 0 aliphatic heterocycles. The molecule has 0 atom stereocenters. The van der Waals surface area contributed by atoms with Gasteiger partial charge < -0.3 is 4.48 Å². The molecule has 3 radical (unpaired) electrons. The van der Waals surface area contributed by atoms with Crippen LogP contribution in [0.4, 0.5) is 0 Å². The first kappa shape index (κ1) is 6.34. The minimum absolute atomic E-state index is 0.983. The van der Waals surface area contributed by atoms with Gasteiger partial charge in [-0.2, -0.15) is 0 Å². The molecule has 0 aliphatic rings. The second kappa shape index (κ2) is 2.67. The van der Waals surface area contributed by atoms with E-state index in [0.29, 0.717) is 0 Å². The van der Waals surface area contributed by atoms with E-state index in [1.165, 1.54) is 0 Å². The van der Waals surface area contributed by atoms with Crippen LogP contribution in [0.15, 0.2) is 24.4 Å². The molecule has 0 spiro atoms. The Balaban J connectivity index is 3.01. The number of nitrogens with zero attached hydrogens (tertiary/aromatic N) is 1. The van der Waals surface area contributed by atoms with Crippen LogP contribution in [0.2, 0.25) is 0 Å². The second-order valence-electron chi connectivity index (χ2n) is 1.95. The normalized spacial score (nSPS) is 9.56. The fourth-order valence-electron chi connectivity index (χ4n) is 0.791. The Morgan fingerprint density at radius 1 is 1.56 bits per heavy atom. The van der Waals surface area contributed by atoms with Crippen LogP contribution in [0.25, 0.3) is 0 Å². The molecule has 1 nitrogen and oxygen atoms in total. The van der Waals surface area contributed by atoms with Gasteiger partial charge in [0.1, 0.15) is 11.9 Å². The maximum atomic E-state index is 5.55. The summed E-state index contributed by atoms with van der Waals surface area (Å²) in [7, 11) is 5.55. The van der Waals surface area contributed by atoms with E-state index in [-0.39, 0.29) is 0 Å². The third-order valence-electron chi connectivity index (χ3n) is 1.34. The van der Waals surface area contributed by atoms with Crippen molar-refractivity contribution in [1.29, 1.82) is 0 Å². The van der Waals surface area contributed by atoms with Crippen LogP contribution in [0.5, 0.6) is 0 Å². The van der Waals surface area contributed by atoms with E-state index in [9.17, 15) is 0 Å². The smallest absolute Gasteiger partial charge is 0.121 e. The Morgan fingerprint density at radius 3 is 2.78 bits per heavy atom. The van der Waals surface area contributed by atoms with Gasteiger partial charge in [-0.3, -0.25) is 0 Å². The van der Waals surface area contributed by atoms with Crippen molar-refractivity contribution < 1.29 is 4.48 Å². The van der Waals surface area contributed by atoms with Gasteiger partial charge in [0.15, 0.2) is 0 Å². The number of hydrogen-bond acceptors (Lipinski definition) is 0. The number of pyridine rings is 1. The van der Waals surface area contributed by atoms with Crippen molar-refractivity contribution in [2.24, 2.45) is 0 Å². The third kappa shape index (κ3) is 1.32. The van der Waals surface area contributed by atoms with Gasteiger partial charge in [0.05, 0.1) is 0 Å². The van der Waals surface area contributed by atoms with Gasteiger partial charge in [0.2, 0.25) is 0 Å². The molecule has 0 fully saturated rings. The highest BCUT2D eigenvalue weighted by Crippen LogP contribution is 1.88. The SMILES string of the molecule is [B-][n+]1ccccc1CC. The molecule has 0 amide bonds. The molecule has 2 heteroatoms. The number of aromatic nitrogens is 1. The Kier molecular flexibility index (Phi) is 1.88. The van der Waals surface area contributed by atoms with Crippen molar-refractivity contribution in [2.45, 2.75) is 13.3 Å². The molecule has 1 aromatic heterocycles. The standard InChI is InChI=1S/C7H9BN/c1-2-7-5-3-4-6-9(7)8/h3-6H,2H2,1H3. The summed E-state index contributed by atoms with van der Waals surface area (Å²) < 4.78 is 1.64. The zero-order chi connectivity index (χ0) is 6.69. The van der Waals surface area contributed by atoms with Crippen LogP contribution in [-0.4, -0.2) is 7.98 Å². The average molecular weight is 118 g/mol. The monoisotopic (exact) mass is 118 g/mol. The molecular weight excluding hydrogens is 109 g/mol. The molecule has 0 bridgehead atoms. The van der Waals surface area contributed by atoms with Crippen LogP contribution in [0.1, 0.15) is 12.6 Å². The molecule has 0 unspecified atom stereocenters. The van der Waals surface area contributed by atoms with Gasteiger partial charge in [-0.25, -0.2) is 0 Å². The molecule has 1 heterocycles. The Hall–Kier alpha value is -0.785. The largest absolute Gasteiger partial charge is 0.513 e. The van der Waals surface area contributed by atoms with E-state index in [2.05, 4.69) is 6.92 Å². The van der Waals surface area contributed by atoms with E-state index in [4.69, 9.17) is 7.98 Å². The van der Waals surface area contributed by atoms with Crippen LogP contribution in [0.3, 0.4) is 0 Å². The van der Waals surface area contributed by atoms with Gasteiger partial charge in [0.25, 0.3) is 0 Å². The lowest BCUT2D eigenvalue weighted by molar-refractivity contribution is -0.531. The summed E-state index contributed by atoms with van der Waals surface area (Å²) >= 11 is 0. The summed E-state index contributed by atoms with van der Waals surface area (Å²) in [5.41, 5.74) is 1.15. The fourth-order valence-corrected chi connectivity index (χ4v) is 0.791. The number of rotatable bonds is 1. The minimum Gasteiger partial charge on any atom is -0.513 e. The van der Waals surface area contributed by atoms with Crippen LogP contribution in [-0.2, 0) is 6.42 Å². The zero-order valence-corrected chi connectivity index (χ0v) is 5.54. The van der Waals surface area contributed by atoms with Crippen molar-refractivity contribution in [3.8, 4) is 0 Å². The summed E-state index contributed by atoms with van der Waals surface area (Å²) in [6, 6.07) is 5.92. The molecule has 1 aromatic rings. The van der Waals surface area contributed by atoms with E-state index >= 15 is 0 Å². The Labute approximate surface area is 56.8 Å². The Bertz CT molecular complexity index is 198. The first-order valence-electron chi connectivity index (χ1n) is 3.09. The third-order valence-corrected chi connectivity index (χ3v) is 1.34. The lowest BCUT2D eigenvalue weighted by atomic mass is 10.2. The summed E-state index contributed by atoms with van der Waals surface area (Å²) in [4.78, 5) is 0. The molecule has 0 aliphatic carbocycles. The predicted molar refractivity (Wildman–Crippen MR) is 37.2 cm³/mol. The fraction of sp³-hybridized carbons (Fsp3) is 0.286. The predicted octanol–water partition coefficient (Wildman–Crippen LogP) is 0.468. The maximum Gasteiger partial charge on any atom is 0.121 e. The van der Waals surface area contributed by atoms with E-state index < -0.39 is 0 Å². The Morgan fingerprint density at radius 2 is 2.33 bits per heavy atom. The van der Waals surface area contributed by atoms with E-state index in [1.807, 2.05) is 24.4 Å². The average Bonchev–Trinajstić information content (AvgIpc) is 1.89. The first-order valence-corrected chi connectivity index (χ1v) is 3.09. The van der Waals surface area contributed by atoms with Crippen LogP contribution in [0, 0.1) is 0 Å². The highest BCUT2D eigenvalue weighted by atomic mass is 14.8. The summed E-state index contributed by atoms with van der Waals surface area (Å²) in [6.07, 6.45) is 2.83. The van der Waals surface area contributed by atoms with Gasteiger partial charge in [-0.05, 0) is 12.1 Å². The molecule has 0 saturated heterocycles. The van der Waals surface area contributed by atoms with Crippen molar-refractivity contribution in [1.82, 2.24) is 0 Å². The van der Waals surface area contributed by atoms with Crippen molar-refractivity contribution in [3.63, 3.8) is 0 Å². The number of hydrogen-bond donors (Lipinski definition) is 0. The van der Waals surface area contributed by atoms with Crippen molar-refractivity contribution in [3.05, 3.63) is 30.1 Å². The van der Waals surface area contributed by atoms with E-state index in [0.717, 1.165) is 12.1 Å². The van der Waals surface area contributed by atoms with Crippen molar-refractivity contribution >= 4 is 7.98 Å². The summed E-state index contributed by atoms with van der Waals surface area (Å²) in [6.45, 7) is 2.08. The van der Waals surface area contributed by atoms with Gasteiger partial charge in [0, 0.05) is 6.42 Å². The lowest BCUT2D eigenvalue weighted by Gasteiger charge is -2.05. The quantitative estimate of drug-likeness (QED) is 0.472. The lowest BCUT2D eigenvalue weighted by Crippen LogP contribution is -2.35. The highest BCUT2D eigenvalue weighted by Gasteiger charge is 1.89. The first-order chi connectivity index (χ1) is 4.34.